The van der Waals surface area contributed by atoms with Gasteiger partial charge in [0.1, 0.15) is 5.60 Å². The second-order valence-electron chi connectivity index (χ2n) is 4.94. The minimum absolute atomic E-state index is 0.319. The van der Waals surface area contributed by atoms with Crippen molar-refractivity contribution in [1.82, 2.24) is 9.97 Å². The molecule has 1 unspecified atom stereocenters. The number of ether oxygens (including phenoxy) is 1. The summed E-state index contributed by atoms with van der Waals surface area (Å²) in [6.07, 6.45) is 3.30. The fourth-order valence-electron chi connectivity index (χ4n) is 2.38. The molecule has 1 aliphatic heterocycles. The molecule has 2 N–H and O–H groups in total. The Labute approximate surface area is 103 Å². The van der Waals surface area contributed by atoms with Crippen molar-refractivity contribution in [3.8, 4) is 0 Å². The Bertz CT molecular complexity index is 388. The largest absolute Gasteiger partial charge is 0.367 e. The van der Waals surface area contributed by atoms with Crippen molar-refractivity contribution in [1.29, 1.82) is 0 Å². The molecule has 1 aliphatic rings. The van der Waals surface area contributed by atoms with Gasteiger partial charge in [0.25, 0.3) is 0 Å². The van der Waals surface area contributed by atoms with E-state index in [-0.39, 0.29) is 5.60 Å². The summed E-state index contributed by atoms with van der Waals surface area (Å²) < 4.78 is 5.88. The Balaban J connectivity index is 2.39. The Morgan fingerprint density at radius 2 is 1.88 bits per heavy atom. The first-order chi connectivity index (χ1) is 8.07. The third-order valence-corrected chi connectivity index (χ3v) is 3.57. The predicted octanol–water partition coefficient (Wildman–Crippen LogP) is 1.97. The number of rotatable bonds is 2. The van der Waals surface area contributed by atoms with Gasteiger partial charge >= 0.3 is 0 Å². The molecule has 0 saturated carbocycles. The van der Waals surface area contributed by atoms with Gasteiger partial charge in [-0.3, -0.25) is 0 Å². The van der Waals surface area contributed by atoms with E-state index in [9.17, 15) is 0 Å². The van der Waals surface area contributed by atoms with Crippen LogP contribution in [0.15, 0.2) is 0 Å². The highest BCUT2D eigenvalue weighted by atomic mass is 16.5. The van der Waals surface area contributed by atoms with Crippen LogP contribution in [0.2, 0.25) is 0 Å². The third kappa shape index (κ3) is 2.33. The van der Waals surface area contributed by atoms with Gasteiger partial charge in [-0.25, -0.2) is 9.97 Å². The molecule has 2 rings (SSSR count). The molecule has 4 nitrogen and oxygen atoms in total. The van der Waals surface area contributed by atoms with E-state index in [1.165, 1.54) is 6.42 Å². The highest BCUT2D eigenvalue weighted by molar-refractivity contribution is 5.25. The van der Waals surface area contributed by atoms with Gasteiger partial charge in [-0.05, 0) is 40.0 Å². The van der Waals surface area contributed by atoms with E-state index in [1.807, 2.05) is 13.8 Å². The molecule has 1 aromatic rings. The fourth-order valence-corrected chi connectivity index (χ4v) is 2.38. The zero-order chi connectivity index (χ0) is 12.5. The van der Waals surface area contributed by atoms with Crippen LogP contribution in [-0.2, 0) is 16.9 Å². The molecular formula is C13H21N3O. The van der Waals surface area contributed by atoms with E-state index in [2.05, 4.69) is 16.9 Å². The van der Waals surface area contributed by atoms with Crippen molar-refractivity contribution < 1.29 is 4.74 Å². The maximum absolute atomic E-state index is 5.88. The lowest BCUT2D eigenvalue weighted by Gasteiger charge is -2.32. The SMILES string of the molecule is Cc1nc(C2(C)CCCCO2)nc(C)c1CN. The molecule has 1 aromatic heterocycles. The number of nitrogens with zero attached hydrogens (tertiary/aromatic N) is 2. The van der Waals surface area contributed by atoms with Gasteiger partial charge in [-0.2, -0.15) is 0 Å². The van der Waals surface area contributed by atoms with Crippen molar-refractivity contribution in [2.75, 3.05) is 6.61 Å². The van der Waals surface area contributed by atoms with Crippen molar-refractivity contribution in [2.24, 2.45) is 5.73 Å². The molecule has 1 atom stereocenters. The summed E-state index contributed by atoms with van der Waals surface area (Å²) in [6, 6.07) is 0. The lowest BCUT2D eigenvalue weighted by Crippen LogP contribution is -2.33. The number of hydrogen-bond donors (Lipinski definition) is 1. The maximum atomic E-state index is 5.88. The molecule has 0 aliphatic carbocycles. The minimum atomic E-state index is -0.319. The van der Waals surface area contributed by atoms with E-state index in [4.69, 9.17) is 10.5 Å². The Morgan fingerprint density at radius 1 is 1.24 bits per heavy atom. The number of hydrogen-bond acceptors (Lipinski definition) is 4. The molecule has 94 valence electrons. The summed E-state index contributed by atoms with van der Waals surface area (Å²) in [5.41, 5.74) is 8.39. The molecule has 17 heavy (non-hydrogen) atoms. The van der Waals surface area contributed by atoms with E-state index >= 15 is 0 Å². The van der Waals surface area contributed by atoms with Crippen molar-refractivity contribution in [3.05, 3.63) is 22.8 Å². The summed E-state index contributed by atoms with van der Waals surface area (Å²) in [7, 11) is 0. The van der Waals surface area contributed by atoms with Gasteiger partial charge in [-0.1, -0.05) is 0 Å². The third-order valence-electron chi connectivity index (χ3n) is 3.57. The highest BCUT2D eigenvalue weighted by Crippen LogP contribution is 2.33. The fraction of sp³-hybridized carbons (Fsp3) is 0.692. The second-order valence-corrected chi connectivity index (χ2v) is 4.94. The predicted molar refractivity (Wildman–Crippen MR) is 66.6 cm³/mol. The summed E-state index contributed by atoms with van der Waals surface area (Å²) in [4.78, 5) is 9.17. The lowest BCUT2D eigenvalue weighted by atomic mass is 9.94. The van der Waals surface area contributed by atoms with Crippen LogP contribution in [0, 0.1) is 13.8 Å². The van der Waals surface area contributed by atoms with Crippen LogP contribution in [0.25, 0.3) is 0 Å². The van der Waals surface area contributed by atoms with Gasteiger partial charge < -0.3 is 10.5 Å². The average Bonchev–Trinajstić information content (AvgIpc) is 2.29. The van der Waals surface area contributed by atoms with Crippen LogP contribution < -0.4 is 5.73 Å². The molecule has 0 radical (unpaired) electrons. The summed E-state index contributed by atoms with van der Waals surface area (Å²) in [5, 5.41) is 0. The van der Waals surface area contributed by atoms with Gasteiger partial charge in [0.15, 0.2) is 5.82 Å². The Morgan fingerprint density at radius 3 is 2.35 bits per heavy atom. The highest BCUT2D eigenvalue weighted by Gasteiger charge is 2.33. The van der Waals surface area contributed by atoms with Crippen LogP contribution in [0.1, 0.15) is 49.0 Å². The van der Waals surface area contributed by atoms with Gasteiger partial charge in [0.2, 0.25) is 0 Å². The topological polar surface area (TPSA) is 61.0 Å². The van der Waals surface area contributed by atoms with E-state index in [0.717, 1.165) is 42.2 Å². The van der Waals surface area contributed by atoms with E-state index in [0.29, 0.717) is 6.54 Å². The Hall–Kier alpha value is -1.00. The van der Waals surface area contributed by atoms with Crippen LogP contribution in [-0.4, -0.2) is 16.6 Å². The second kappa shape index (κ2) is 4.70. The van der Waals surface area contributed by atoms with Crippen molar-refractivity contribution in [2.45, 2.75) is 52.2 Å². The van der Waals surface area contributed by atoms with E-state index in [1.54, 1.807) is 0 Å². The van der Waals surface area contributed by atoms with Crippen LogP contribution in [0.4, 0.5) is 0 Å². The number of aryl methyl sites for hydroxylation is 2. The average molecular weight is 235 g/mol. The quantitative estimate of drug-likeness (QED) is 0.851. The van der Waals surface area contributed by atoms with Gasteiger partial charge in [-0.15, -0.1) is 0 Å². The van der Waals surface area contributed by atoms with Gasteiger partial charge in [0, 0.05) is 30.1 Å². The normalized spacial score (nSPS) is 24.9. The first-order valence-corrected chi connectivity index (χ1v) is 6.25. The summed E-state index contributed by atoms with van der Waals surface area (Å²) in [5.74, 6) is 0.810. The first-order valence-electron chi connectivity index (χ1n) is 6.25. The van der Waals surface area contributed by atoms with Crippen LogP contribution >= 0.6 is 0 Å². The molecule has 2 heterocycles. The summed E-state index contributed by atoms with van der Waals surface area (Å²) >= 11 is 0. The molecule has 0 aromatic carbocycles. The molecule has 0 amide bonds. The van der Waals surface area contributed by atoms with E-state index < -0.39 is 0 Å². The molecular weight excluding hydrogens is 214 g/mol. The number of nitrogens with two attached hydrogens (primary N) is 1. The number of aromatic nitrogens is 2. The smallest absolute Gasteiger partial charge is 0.160 e. The molecule has 4 heteroatoms. The van der Waals surface area contributed by atoms with Crippen LogP contribution in [0.3, 0.4) is 0 Å². The van der Waals surface area contributed by atoms with Crippen LogP contribution in [0.5, 0.6) is 0 Å². The first kappa shape index (κ1) is 12.5. The zero-order valence-corrected chi connectivity index (χ0v) is 10.9. The minimum Gasteiger partial charge on any atom is -0.367 e. The Kier molecular flexibility index (Phi) is 3.45. The maximum Gasteiger partial charge on any atom is 0.160 e. The molecule has 1 fully saturated rings. The monoisotopic (exact) mass is 235 g/mol. The summed E-state index contributed by atoms with van der Waals surface area (Å²) in [6.45, 7) is 7.37. The lowest BCUT2D eigenvalue weighted by molar-refractivity contribution is -0.0762. The molecule has 0 spiro atoms. The van der Waals surface area contributed by atoms with Crippen molar-refractivity contribution >= 4 is 0 Å². The molecule has 0 bridgehead atoms. The standard InChI is InChI=1S/C13H21N3O/c1-9-11(8-14)10(2)16-12(15-9)13(3)6-4-5-7-17-13/h4-8,14H2,1-3H3. The van der Waals surface area contributed by atoms with Gasteiger partial charge in [0.05, 0.1) is 0 Å². The van der Waals surface area contributed by atoms with Crippen molar-refractivity contribution in [3.63, 3.8) is 0 Å². The molecule has 1 saturated heterocycles. The zero-order valence-electron chi connectivity index (χ0n) is 10.9.